The van der Waals surface area contributed by atoms with Gasteiger partial charge in [-0.1, -0.05) is 46.1 Å². The van der Waals surface area contributed by atoms with Crippen molar-refractivity contribution >= 4 is 11.8 Å². The predicted octanol–water partition coefficient (Wildman–Crippen LogP) is 3.93. The van der Waals surface area contributed by atoms with Gasteiger partial charge in [0, 0.05) is 18.5 Å². The zero-order valence-corrected chi connectivity index (χ0v) is 14.3. The summed E-state index contributed by atoms with van der Waals surface area (Å²) in [6.45, 7) is 6.41. The first-order chi connectivity index (χ1) is 10.9. The van der Waals surface area contributed by atoms with Gasteiger partial charge in [-0.15, -0.1) is 0 Å². The maximum Gasteiger partial charge on any atom is 0.272 e. The van der Waals surface area contributed by atoms with Crippen LogP contribution in [0, 0.1) is 11.7 Å². The molecule has 1 aromatic rings. The van der Waals surface area contributed by atoms with Gasteiger partial charge in [0.25, 0.3) is 5.91 Å². The lowest BCUT2D eigenvalue weighted by Gasteiger charge is -2.25. The van der Waals surface area contributed by atoms with Crippen LogP contribution in [0.2, 0.25) is 0 Å². The van der Waals surface area contributed by atoms with E-state index in [0.29, 0.717) is 13.0 Å². The summed E-state index contributed by atoms with van der Waals surface area (Å²) in [7, 11) is 0. The lowest BCUT2D eigenvalue weighted by Crippen LogP contribution is -2.47. The van der Waals surface area contributed by atoms with Crippen LogP contribution in [0.1, 0.15) is 63.2 Å². The molecule has 0 atom stereocenters. The Balaban J connectivity index is 2.68. The number of unbranched alkanes of at least 4 members (excludes halogenated alkanes) is 3. The molecule has 0 saturated carbocycles. The number of carbonyl (C=O) groups excluding carboxylic acids is 2. The Labute approximate surface area is 138 Å². The Hall–Kier alpha value is -1.91. The third-order valence-corrected chi connectivity index (χ3v) is 3.38. The third-order valence-electron chi connectivity index (χ3n) is 3.38. The van der Waals surface area contributed by atoms with E-state index < -0.39 is 5.82 Å². The number of halogens is 1. The molecule has 0 fully saturated rings. The van der Waals surface area contributed by atoms with Gasteiger partial charge in [-0.05, 0) is 30.5 Å². The monoisotopic (exact) mass is 322 g/mol. The van der Waals surface area contributed by atoms with Crippen molar-refractivity contribution in [3.8, 4) is 0 Å². The van der Waals surface area contributed by atoms with Crippen LogP contribution >= 0.6 is 0 Å². The number of hydrogen-bond acceptors (Lipinski definition) is 2. The number of hydrogen-bond donors (Lipinski definition) is 1. The molecule has 1 aromatic carbocycles. The van der Waals surface area contributed by atoms with Crippen molar-refractivity contribution in [2.24, 2.45) is 5.92 Å². The molecule has 0 aromatic heterocycles. The van der Waals surface area contributed by atoms with Crippen molar-refractivity contribution in [3.05, 3.63) is 35.6 Å². The zero-order valence-electron chi connectivity index (χ0n) is 14.3. The molecule has 0 radical (unpaired) electrons. The molecule has 23 heavy (non-hydrogen) atoms. The van der Waals surface area contributed by atoms with Gasteiger partial charge in [0.15, 0.2) is 0 Å². The van der Waals surface area contributed by atoms with Crippen molar-refractivity contribution in [3.63, 3.8) is 0 Å². The van der Waals surface area contributed by atoms with Crippen molar-refractivity contribution in [1.82, 2.24) is 10.4 Å². The van der Waals surface area contributed by atoms with Crippen molar-refractivity contribution in [2.45, 2.75) is 52.9 Å². The summed E-state index contributed by atoms with van der Waals surface area (Å²) in [6.07, 6.45) is 4.42. The minimum Gasteiger partial charge on any atom is -0.273 e. The highest BCUT2D eigenvalue weighted by Gasteiger charge is 2.19. The van der Waals surface area contributed by atoms with E-state index in [4.69, 9.17) is 0 Å². The quantitative estimate of drug-likeness (QED) is 0.582. The van der Waals surface area contributed by atoms with E-state index in [9.17, 15) is 14.0 Å². The average molecular weight is 322 g/mol. The van der Waals surface area contributed by atoms with Gasteiger partial charge in [-0.2, -0.15) is 0 Å². The largest absolute Gasteiger partial charge is 0.273 e. The highest BCUT2D eigenvalue weighted by molar-refractivity contribution is 5.95. The van der Waals surface area contributed by atoms with Crippen LogP contribution in [-0.4, -0.2) is 23.4 Å². The number of nitrogens with one attached hydrogen (secondary N) is 1. The van der Waals surface area contributed by atoms with Crippen LogP contribution < -0.4 is 5.43 Å². The molecular formula is C18H27FN2O2. The molecule has 0 spiro atoms. The number of amides is 2. The van der Waals surface area contributed by atoms with E-state index >= 15 is 0 Å². The summed E-state index contributed by atoms with van der Waals surface area (Å²) < 4.78 is 13.3. The molecule has 5 heteroatoms. The Morgan fingerprint density at radius 3 is 2.57 bits per heavy atom. The second kappa shape index (κ2) is 9.98. The van der Waals surface area contributed by atoms with Crippen LogP contribution in [0.3, 0.4) is 0 Å². The van der Waals surface area contributed by atoms with Crippen molar-refractivity contribution in [2.75, 3.05) is 6.54 Å². The van der Waals surface area contributed by atoms with Gasteiger partial charge >= 0.3 is 0 Å². The molecule has 0 heterocycles. The van der Waals surface area contributed by atoms with Crippen LogP contribution in [0.15, 0.2) is 24.3 Å². The third kappa shape index (κ3) is 7.26. The number of benzene rings is 1. The highest BCUT2D eigenvalue weighted by Crippen LogP contribution is 2.09. The van der Waals surface area contributed by atoms with Crippen molar-refractivity contribution in [1.29, 1.82) is 0 Å². The molecule has 0 unspecified atom stereocenters. The maximum atomic E-state index is 13.3. The molecule has 0 saturated heterocycles. The molecule has 1 rings (SSSR count). The fourth-order valence-corrected chi connectivity index (χ4v) is 2.24. The first-order valence-corrected chi connectivity index (χ1v) is 8.31. The number of nitrogens with zero attached hydrogens (tertiary/aromatic N) is 1. The predicted molar refractivity (Wildman–Crippen MR) is 89.2 cm³/mol. The summed E-state index contributed by atoms with van der Waals surface area (Å²) in [5.74, 6) is -0.842. The van der Waals surface area contributed by atoms with Crippen LogP contribution in [0.4, 0.5) is 4.39 Å². The zero-order chi connectivity index (χ0) is 17.2. The normalized spacial score (nSPS) is 10.7. The fraction of sp³-hybridized carbons (Fsp3) is 0.556. The Morgan fingerprint density at radius 1 is 1.22 bits per heavy atom. The summed E-state index contributed by atoms with van der Waals surface area (Å²) in [6, 6.07) is 5.51. The SMILES string of the molecule is CCCCCCC(=O)NN(CC(C)C)C(=O)c1cccc(F)c1. The van der Waals surface area contributed by atoms with Gasteiger partial charge in [0.2, 0.25) is 5.91 Å². The summed E-state index contributed by atoms with van der Waals surface area (Å²) in [5.41, 5.74) is 2.90. The maximum absolute atomic E-state index is 13.3. The summed E-state index contributed by atoms with van der Waals surface area (Å²) in [5, 5.41) is 1.29. The lowest BCUT2D eigenvalue weighted by molar-refractivity contribution is -0.125. The first-order valence-electron chi connectivity index (χ1n) is 8.31. The molecule has 2 amide bonds. The number of hydrazine groups is 1. The summed E-state index contributed by atoms with van der Waals surface area (Å²) >= 11 is 0. The Kier molecular flexibility index (Phi) is 8.30. The fourth-order valence-electron chi connectivity index (χ4n) is 2.24. The molecule has 0 bridgehead atoms. The topological polar surface area (TPSA) is 49.4 Å². The minimum atomic E-state index is -0.466. The minimum absolute atomic E-state index is 0.175. The van der Waals surface area contributed by atoms with Gasteiger partial charge in [-0.3, -0.25) is 15.0 Å². The van der Waals surface area contributed by atoms with Crippen LogP contribution in [0.25, 0.3) is 0 Å². The van der Waals surface area contributed by atoms with E-state index in [0.717, 1.165) is 25.7 Å². The number of rotatable bonds is 8. The second-order valence-electron chi connectivity index (χ2n) is 6.17. The molecule has 1 N–H and O–H groups in total. The van der Waals surface area contributed by atoms with E-state index in [-0.39, 0.29) is 23.3 Å². The van der Waals surface area contributed by atoms with Crippen LogP contribution in [0.5, 0.6) is 0 Å². The molecule has 0 aliphatic heterocycles. The van der Waals surface area contributed by atoms with E-state index in [1.807, 2.05) is 13.8 Å². The molecule has 4 nitrogen and oxygen atoms in total. The molecular weight excluding hydrogens is 295 g/mol. The highest BCUT2D eigenvalue weighted by atomic mass is 19.1. The Bertz CT molecular complexity index is 517. The first kappa shape index (κ1) is 19.1. The van der Waals surface area contributed by atoms with E-state index in [1.165, 1.54) is 23.2 Å². The second-order valence-corrected chi connectivity index (χ2v) is 6.17. The smallest absolute Gasteiger partial charge is 0.272 e. The Morgan fingerprint density at radius 2 is 1.96 bits per heavy atom. The van der Waals surface area contributed by atoms with E-state index in [2.05, 4.69) is 12.3 Å². The van der Waals surface area contributed by atoms with Gasteiger partial charge in [0.05, 0.1) is 0 Å². The van der Waals surface area contributed by atoms with E-state index in [1.54, 1.807) is 6.07 Å². The number of carbonyl (C=O) groups is 2. The van der Waals surface area contributed by atoms with Gasteiger partial charge < -0.3 is 0 Å². The average Bonchev–Trinajstić information content (AvgIpc) is 2.50. The van der Waals surface area contributed by atoms with Gasteiger partial charge in [0.1, 0.15) is 5.82 Å². The lowest BCUT2D eigenvalue weighted by atomic mass is 10.1. The molecule has 128 valence electrons. The standard InChI is InChI=1S/C18H27FN2O2/c1-4-5-6-7-11-17(22)20-21(13-14(2)3)18(23)15-9-8-10-16(19)12-15/h8-10,12,14H,4-7,11,13H2,1-3H3,(H,20,22). The van der Waals surface area contributed by atoms with Crippen molar-refractivity contribution < 1.29 is 14.0 Å². The van der Waals surface area contributed by atoms with Gasteiger partial charge in [-0.25, -0.2) is 9.40 Å². The van der Waals surface area contributed by atoms with Crippen LogP contribution in [-0.2, 0) is 4.79 Å². The molecule has 0 aliphatic carbocycles. The molecule has 0 aliphatic rings. The summed E-state index contributed by atoms with van der Waals surface area (Å²) in [4.78, 5) is 24.5.